The van der Waals surface area contributed by atoms with Gasteiger partial charge in [-0.1, -0.05) is 0 Å². The number of piperidine rings is 1. The molecule has 1 unspecified atom stereocenters. The van der Waals surface area contributed by atoms with Crippen molar-refractivity contribution < 1.29 is 14.6 Å². The van der Waals surface area contributed by atoms with Gasteiger partial charge in [-0.15, -0.1) is 0 Å². The van der Waals surface area contributed by atoms with Gasteiger partial charge in [0, 0.05) is 13.1 Å². The van der Waals surface area contributed by atoms with Crippen molar-refractivity contribution in [3.8, 4) is 0 Å². The summed E-state index contributed by atoms with van der Waals surface area (Å²) in [5.41, 5.74) is -1.13. The molecule has 4 heteroatoms. The number of ether oxygens (including phenoxy) is 1. The Morgan fingerprint density at radius 3 is 2.69 bits per heavy atom. The van der Waals surface area contributed by atoms with Crippen molar-refractivity contribution in [2.75, 3.05) is 26.7 Å². The molecule has 0 spiro atoms. The van der Waals surface area contributed by atoms with Gasteiger partial charge in [0.25, 0.3) is 0 Å². The minimum atomic E-state index is -0.621. The van der Waals surface area contributed by atoms with E-state index in [1.807, 2.05) is 20.8 Å². The van der Waals surface area contributed by atoms with Crippen LogP contribution in [0.25, 0.3) is 0 Å². The zero-order valence-electron chi connectivity index (χ0n) is 10.7. The molecule has 1 N–H and O–H groups in total. The third kappa shape index (κ3) is 3.46. The number of carbonyl (C=O) groups excluding carboxylic acids is 1. The molecule has 1 fully saturated rings. The van der Waals surface area contributed by atoms with Crippen molar-refractivity contribution in [2.45, 2.75) is 39.2 Å². The van der Waals surface area contributed by atoms with E-state index in [0.717, 1.165) is 19.4 Å². The maximum absolute atomic E-state index is 11.6. The van der Waals surface area contributed by atoms with Gasteiger partial charge in [0.2, 0.25) is 0 Å². The van der Waals surface area contributed by atoms with E-state index in [4.69, 9.17) is 4.74 Å². The van der Waals surface area contributed by atoms with Gasteiger partial charge in [0.15, 0.2) is 0 Å². The lowest BCUT2D eigenvalue weighted by Crippen LogP contribution is -2.50. The fourth-order valence-corrected chi connectivity index (χ4v) is 2.36. The third-order valence-corrected chi connectivity index (χ3v) is 3.11. The Balaban J connectivity index is 2.57. The molecule has 0 aromatic carbocycles. The molecule has 0 aromatic rings. The summed E-state index contributed by atoms with van der Waals surface area (Å²) in [4.78, 5) is 13.7. The summed E-state index contributed by atoms with van der Waals surface area (Å²) in [7, 11) is 1.41. The molecule has 0 saturated carbocycles. The number of methoxy groups -OCH3 is 1. The van der Waals surface area contributed by atoms with Gasteiger partial charge in [-0.3, -0.25) is 9.69 Å². The standard InChI is InChI=1S/C12H23NO3/c1-11(2,10(14)16-4)8-13-7-5-6-12(3,15)9-13/h15H,5-9H2,1-4H3. The van der Waals surface area contributed by atoms with Crippen LogP contribution < -0.4 is 0 Å². The zero-order valence-corrected chi connectivity index (χ0v) is 10.7. The van der Waals surface area contributed by atoms with Crippen LogP contribution in [0.1, 0.15) is 33.6 Å². The summed E-state index contributed by atoms with van der Waals surface area (Å²) < 4.78 is 4.78. The molecule has 0 amide bonds. The van der Waals surface area contributed by atoms with E-state index in [1.54, 1.807) is 0 Å². The highest BCUT2D eigenvalue weighted by molar-refractivity contribution is 5.76. The van der Waals surface area contributed by atoms with E-state index in [0.29, 0.717) is 13.1 Å². The van der Waals surface area contributed by atoms with Gasteiger partial charge >= 0.3 is 5.97 Å². The average molecular weight is 229 g/mol. The van der Waals surface area contributed by atoms with E-state index >= 15 is 0 Å². The van der Waals surface area contributed by atoms with E-state index < -0.39 is 11.0 Å². The van der Waals surface area contributed by atoms with Gasteiger partial charge in [0.1, 0.15) is 0 Å². The highest BCUT2D eigenvalue weighted by atomic mass is 16.5. The second kappa shape index (κ2) is 4.72. The molecule has 0 aromatic heterocycles. The number of rotatable bonds is 3. The van der Waals surface area contributed by atoms with Crippen LogP contribution in [0.2, 0.25) is 0 Å². The first-order chi connectivity index (χ1) is 7.27. The topological polar surface area (TPSA) is 49.8 Å². The number of aliphatic hydroxyl groups is 1. The first-order valence-corrected chi connectivity index (χ1v) is 5.80. The van der Waals surface area contributed by atoms with Crippen LogP contribution in [-0.4, -0.2) is 48.3 Å². The lowest BCUT2D eigenvalue weighted by molar-refractivity contribution is -0.152. The predicted octanol–water partition coefficient (Wildman–Crippen LogP) is 1.03. The Kier molecular flexibility index (Phi) is 3.97. The minimum absolute atomic E-state index is 0.197. The van der Waals surface area contributed by atoms with Crippen molar-refractivity contribution >= 4 is 5.97 Å². The Labute approximate surface area is 97.6 Å². The van der Waals surface area contributed by atoms with Crippen LogP contribution >= 0.6 is 0 Å². The smallest absolute Gasteiger partial charge is 0.312 e. The summed E-state index contributed by atoms with van der Waals surface area (Å²) in [5, 5.41) is 9.98. The highest BCUT2D eigenvalue weighted by Gasteiger charge is 2.35. The fraction of sp³-hybridized carbons (Fsp3) is 0.917. The average Bonchev–Trinajstić information content (AvgIpc) is 2.14. The molecule has 0 aliphatic carbocycles. The van der Waals surface area contributed by atoms with Crippen LogP contribution in [0.5, 0.6) is 0 Å². The Morgan fingerprint density at radius 2 is 2.19 bits per heavy atom. The highest BCUT2D eigenvalue weighted by Crippen LogP contribution is 2.25. The minimum Gasteiger partial charge on any atom is -0.469 e. The molecule has 1 aliphatic rings. The van der Waals surface area contributed by atoms with Crippen LogP contribution in [0.3, 0.4) is 0 Å². The largest absolute Gasteiger partial charge is 0.469 e. The van der Waals surface area contributed by atoms with Crippen LogP contribution in [-0.2, 0) is 9.53 Å². The molecule has 1 atom stereocenters. The van der Waals surface area contributed by atoms with Crippen molar-refractivity contribution in [1.82, 2.24) is 4.90 Å². The first-order valence-electron chi connectivity index (χ1n) is 5.80. The number of nitrogens with zero attached hydrogens (tertiary/aromatic N) is 1. The molecule has 16 heavy (non-hydrogen) atoms. The van der Waals surface area contributed by atoms with Crippen LogP contribution in [0.15, 0.2) is 0 Å². The maximum Gasteiger partial charge on any atom is 0.312 e. The van der Waals surface area contributed by atoms with Crippen molar-refractivity contribution in [3.05, 3.63) is 0 Å². The van der Waals surface area contributed by atoms with Gasteiger partial charge < -0.3 is 9.84 Å². The molecular weight excluding hydrogens is 206 g/mol. The Bertz CT molecular complexity index is 261. The zero-order chi connectivity index (χ0) is 12.4. The summed E-state index contributed by atoms with van der Waals surface area (Å²) in [6, 6.07) is 0. The number of β-amino-alcohol motifs (C(OH)–C–C–N with tert-alkyl or cyclic N) is 1. The molecule has 1 rings (SSSR count). The normalized spacial score (nSPS) is 27.8. The molecule has 4 nitrogen and oxygen atoms in total. The second-order valence-corrected chi connectivity index (χ2v) is 5.69. The van der Waals surface area contributed by atoms with E-state index in [9.17, 15) is 9.90 Å². The SMILES string of the molecule is COC(=O)C(C)(C)CN1CCCC(C)(O)C1. The lowest BCUT2D eigenvalue weighted by Gasteiger charge is -2.39. The van der Waals surface area contributed by atoms with Crippen molar-refractivity contribution in [3.63, 3.8) is 0 Å². The first kappa shape index (κ1) is 13.5. The van der Waals surface area contributed by atoms with Crippen molar-refractivity contribution in [1.29, 1.82) is 0 Å². The van der Waals surface area contributed by atoms with E-state index in [-0.39, 0.29) is 5.97 Å². The number of likely N-dealkylation sites (tertiary alicyclic amines) is 1. The third-order valence-electron chi connectivity index (χ3n) is 3.11. The van der Waals surface area contributed by atoms with Gasteiger partial charge in [-0.05, 0) is 40.2 Å². The second-order valence-electron chi connectivity index (χ2n) is 5.69. The van der Waals surface area contributed by atoms with Gasteiger partial charge in [-0.2, -0.15) is 0 Å². The monoisotopic (exact) mass is 229 g/mol. The van der Waals surface area contributed by atoms with Crippen LogP contribution in [0, 0.1) is 5.41 Å². The number of esters is 1. The van der Waals surface area contributed by atoms with Crippen LogP contribution in [0.4, 0.5) is 0 Å². The number of hydrogen-bond donors (Lipinski definition) is 1. The molecule has 1 heterocycles. The summed E-state index contributed by atoms with van der Waals surface area (Å²) in [5.74, 6) is -0.197. The van der Waals surface area contributed by atoms with Gasteiger partial charge in [-0.25, -0.2) is 0 Å². The number of hydrogen-bond acceptors (Lipinski definition) is 4. The van der Waals surface area contributed by atoms with E-state index in [1.165, 1.54) is 7.11 Å². The summed E-state index contributed by atoms with van der Waals surface area (Å²) in [6.07, 6.45) is 1.81. The quantitative estimate of drug-likeness (QED) is 0.734. The van der Waals surface area contributed by atoms with Crippen molar-refractivity contribution in [2.24, 2.45) is 5.41 Å². The van der Waals surface area contributed by atoms with E-state index in [2.05, 4.69) is 4.90 Å². The summed E-state index contributed by atoms with van der Waals surface area (Å²) >= 11 is 0. The molecule has 0 bridgehead atoms. The fourth-order valence-electron chi connectivity index (χ4n) is 2.36. The molecule has 1 saturated heterocycles. The Hall–Kier alpha value is -0.610. The molecular formula is C12H23NO3. The lowest BCUT2D eigenvalue weighted by atomic mass is 9.89. The Morgan fingerprint density at radius 1 is 1.56 bits per heavy atom. The molecule has 0 radical (unpaired) electrons. The number of carbonyl (C=O) groups is 1. The molecule has 1 aliphatic heterocycles. The van der Waals surface area contributed by atoms with Gasteiger partial charge in [0.05, 0.1) is 18.1 Å². The predicted molar refractivity (Wildman–Crippen MR) is 62.1 cm³/mol. The molecule has 94 valence electrons. The maximum atomic E-state index is 11.6. The summed E-state index contributed by atoms with van der Waals surface area (Å²) in [6.45, 7) is 7.81.